The molecule has 0 spiro atoms. The van der Waals surface area contributed by atoms with Crippen LogP contribution in [0.3, 0.4) is 0 Å². The van der Waals surface area contributed by atoms with Gasteiger partial charge in [-0.2, -0.15) is 0 Å². The average Bonchev–Trinajstić information content (AvgIpc) is 2.40. The van der Waals surface area contributed by atoms with Gasteiger partial charge in [-0.1, -0.05) is 39.0 Å². The molecule has 0 bridgehead atoms. The summed E-state index contributed by atoms with van der Waals surface area (Å²) in [6.45, 7) is 2.84. The summed E-state index contributed by atoms with van der Waals surface area (Å²) in [5.74, 6) is 0.635. The largest absolute Gasteiger partial charge is 0.492 e. The van der Waals surface area contributed by atoms with Gasteiger partial charge in [0.15, 0.2) is 0 Å². The molecule has 4 nitrogen and oxygen atoms in total. The third-order valence-corrected chi connectivity index (χ3v) is 4.21. The van der Waals surface area contributed by atoms with Gasteiger partial charge in [-0.25, -0.2) is 0 Å². The molecule has 6 heteroatoms. The van der Waals surface area contributed by atoms with Crippen LogP contribution in [0, 0.1) is 10.1 Å². The normalized spacial score (nSPS) is 10.6. The number of hydrogen-bond donors (Lipinski definition) is 0. The van der Waals surface area contributed by atoms with E-state index in [0.29, 0.717) is 21.3 Å². The Morgan fingerprint density at radius 2 is 1.75 bits per heavy atom. The Hall–Kier alpha value is -0.620. The number of nitro groups is 1. The number of unbranched alkanes of at least 4 members (excludes halogenated alkanes) is 5. The second kappa shape index (κ2) is 9.34. The molecular weight excluding hydrogens is 390 g/mol. The van der Waals surface area contributed by atoms with Gasteiger partial charge in [0.25, 0.3) is 5.69 Å². The molecule has 0 atom stereocenters. The molecule has 1 aromatic carbocycles. The molecule has 0 aliphatic heterocycles. The summed E-state index contributed by atoms with van der Waals surface area (Å²) in [7, 11) is 0. The van der Waals surface area contributed by atoms with Gasteiger partial charge in [0.1, 0.15) is 5.75 Å². The van der Waals surface area contributed by atoms with E-state index < -0.39 is 4.92 Å². The quantitative estimate of drug-likeness (QED) is 0.292. The van der Waals surface area contributed by atoms with E-state index in [4.69, 9.17) is 4.74 Å². The lowest BCUT2D eigenvalue weighted by Gasteiger charge is -2.09. The number of nitrogens with zero attached hydrogens (tertiary/aromatic N) is 1. The molecule has 0 saturated heterocycles. The minimum Gasteiger partial charge on any atom is -0.492 e. The molecule has 0 saturated carbocycles. The number of ether oxygens (including phenoxy) is 1. The lowest BCUT2D eigenvalue weighted by molar-refractivity contribution is -0.385. The number of nitro benzene ring substituents is 1. The Labute approximate surface area is 136 Å². The minimum atomic E-state index is -0.424. The molecule has 0 radical (unpaired) electrons. The van der Waals surface area contributed by atoms with Crippen LogP contribution in [0.5, 0.6) is 5.75 Å². The lowest BCUT2D eigenvalue weighted by Crippen LogP contribution is -1.99. The van der Waals surface area contributed by atoms with Gasteiger partial charge in [0, 0.05) is 12.1 Å². The SMILES string of the molecule is CCCCCCCCOc1cc(Br)c([N+](=O)[O-])cc1Br. The summed E-state index contributed by atoms with van der Waals surface area (Å²) in [4.78, 5) is 10.4. The molecule has 0 fully saturated rings. The maximum absolute atomic E-state index is 10.8. The highest BCUT2D eigenvalue weighted by atomic mass is 79.9. The second-order valence-electron chi connectivity index (χ2n) is 4.61. The summed E-state index contributed by atoms with van der Waals surface area (Å²) < 4.78 is 6.70. The van der Waals surface area contributed by atoms with Gasteiger partial charge in [0.2, 0.25) is 0 Å². The van der Waals surface area contributed by atoms with Crippen molar-refractivity contribution in [3.05, 3.63) is 31.2 Å². The zero-order valence-electron chi connectivity index (χ0n) is 11.5. The highest BCUT2D eigenvalue weighted by Crippen LogP contribution is 2.35. The highest BCUT2D eigenvalue weighted by Gasteiger charge is 2.15. The molecule has 0 amide bonds. The zero-order chi connectivity index (χ0) is 15.0. The van der Waals surface area contributed by atoms with E-state index in [9.17, 15) is 10.1 Å². The Bertz CT molecular complexity index is 452. The van der Waals surface area contributed by atoms with Crippen LogP contribution in [-0.4, -0.2) is 11.5 Å². The predicted octanol–water partition coefficient (Wildman–Crippen LogP) is 5.86. The molecule has 0 aliphatic rings. The fourth-order valence-corrected chi connectivity index (χ4v) is 2.75. The monoisotopic (exact) mass is 407 g/mol. The van der Waals surface area contributed by atoms with Crippen molar-refractivity contribution in [1.82, 2.24) is 0 Å². The third kappa shape index (κ3) is 5.79. The molecule has 1 rings (SSSR count). The molecule has 0 aromatic heterocycles. The Balaban J connectivity index is 2.41. The lowest BCUT2D eigenvalue weighted by atomic mass is 10.1. The van der Waals surface area contributed by atoms with Crippen molar-refractivity contribution in [2.45, 2.75) is 45.4 Å². The minimum absolute atomic E-state index is 0.0313. The van der Waals surface area contributed by atoms with Crippen molar-refractivity contribution < 1.29 is 9.66 Å². The Morgan fingerprint density at radius 3 is 2.40 bits per heavy atom. The number of benzene rings is 1. The van der Waals surface area contributed by atoms with Gasteiger partial charge in [-0.05, 0) is 38.3 Å². The fraction of sp³-hybridized carbons (Fsp3) is 0.571. The van der Waals surface area contributed by atoms with Crippen LogP contribution >= 0.6 is 31.9 Å². The summed E-state index contributed by atoms with van der Waals surface area (Å²) in [5, 5.41) is 10.8. The predicted molar refractivity (Wildman–Crippen MR) is 87.4 cm³/mol. The molecule has 20 heavy (non-hydrogen) atoms. The fourth-order valence-electron chi connectivity index (χ4n) is 1.83. The molecule has 0 aliphatic carbocycles. The first-order chi connectivity index (χ1) is 9.56. The van der Waals surface area contributed by atoms with Crippen LogP contribution in [-0.2, 0) is 0 Å². The number of rotatable bonds is 9. The van der Waals surface area contributed by atoms with Gasteiger partial charge in [-0.15, -0.1) is 0 Å². The maximum Gasteiger partial charge on any atom is 0.284 e. The summed E-state index contributed by atoms with van der Waals surface area (Å²) in [5.41, 5.74) is 0.0313. The first-order valence-electron chi connectivity index (χ1n) is 6.82. The van der Waals surface area contributed by atoms with E-state index in [-0.39, 0.29) is 5.69 Å². The van der Waals surface area contributed by atoms with Crippen molar-refractivity contribution in [1.29, 1.82) is 0 Å². The first-order valence-corrected chi connectivity index (χ1v) is 8.41. The van der Waals surface area contributed by atoms with Crippen molar-refractivity contribution in [3.8, 4) is 5.75 Å². The van der Waals surface area contributed by atoms with E-state index >= 15 is 0 Å². The summed E-state index contributed by atoms with van der Waals surface area (Å²) >= 11 is 6.49. The van der Waals surface area contributed by atoms with E-state index in [1.807, 2.05) is 0 Å². The second-order valence-corrected chi connectivity index (χ2v) is 6.32. The molecular formula is C14H19Br2NO3. The summed E-state index contributed by atoms with van der Waals surface area (Å²) in [6, 6.07) is 3.10. The van der Waals surface area contributed by atoms with Crippen LogP contribution in [0.4, 0.5) is 5.69 Å². The number of halogens is 2. The van der Waals surface area contributed by atoms with Crippen molar-refractivity contribution >= 4 is 37.5 Å². The smallest absolute Gasteiger partial charge is 0.284 e. The van der Waals surface area contributed by atoms with Crippen LogP contribution in [0.25, 0.3) is 0 Å². The number of hydrogen-bond acceptors (Lipinski definition) is 3. The van der Waals surface area contributed by atoms with Gasteiger partial charge >= 0.3 is 0 Å². The first kappa shape index (κ1) is 17.4. The highest BCUT2D eigenvalue weighted by molar-refractivity contribution is 9.11. The molecule has 112 valence electrons. The van der Waals surface area contributed by atoms with Gasteiger partial charge < -0.3 is 4.74 Å². The van der Waals surface area contributed by atoms with Crippen LogP contribution in [0.15, 0.2) is 21.1 Å². The Kier molecular flexibility index (Phi) is 8.14. The van der Waals surface area contributed by atoms with Crippen LogP contribution < -0.4 is 4.74 Å². The molecule has 1 aromatic rings. The van der Waals surface area contributed by atoms with E-state index in [2.05, 4.69) is 38.8 Å². The van der Waals surface area contributed by atoms with Crippen LogP contribution in [0.1, 0.15) is 45.4 Å². The third-order valence-electron chi connectivity index (χ3n) is 2.95. The van der Waals surface area contributed by atoms with Gasteiger partial charge in [-0.3, -0.25) is 10.1 Å². The average molecular weight is 409 g/mol. The Morgan fingerprint density at radius 1 is 1.10 bits per heavy atom. The molecule has 0 N–H and O–H groups in total. The van der Waals surface area contributed by atoms with E-state index in [1.54, 1.807) is 6.07 Å². The summed E-state index contributed by atoms with van der Waals surface area (Å²) in [6.07, 6.45) is 7.23. The van der Waals surface area contributed by atoms with Crippen LogP contribution in [0.2, 0.25) is 0 Å². The topological polar surface area (TPSA) is 52.4 Å². The molecule has 0 heterocycles. The van der Waals surface area contributed by atoms with E-state index in [1.165, 1.54) is 31.7 Å². The van der Waals surface area contributed by atoms with Crippen molar-refractivity contribution in [2.24, 2.45) is 0 Å². The zero-order valence-corrected chi connectivity index (χ0v) is 14.7. The van der Waals surface area contributed by atoms with Crippen molar-refractivity contribution in [3.63, 3.8) is 0 Å². The molecule has 0 unspecified atom stereocenters. The van der Waals surface area contributed by atoms with Gasteiger partial charge in [0.05, 0.1) is 20.5 Å². The maximum atomic E-state index is 10.8. The van der Waals surface area contributed by atoms with E-state index in [0.717, 1.165) is 12.8 Å². The van der Waals surface area contributed by atoms with Crippen molar-refractivity contribution in [2.75, 3.05) is 6.61 Å². The standard InChI is InChI=1S/C14H19Br2NO3/c1-2-3-4-5-6-7-8-20-14-10-11(15)13(17(18)19)9-12(14)16/h9-10H,2-8H2,1H3.